The summed E-state index contributed by atoms with van der Waals surface area (Å²) >= 11 is 0. The second-order valence-corrected chi connectivity index (χ2v) is 2.50. The van der Waals surface area contributed by atoms with Gasteiger partial charge in [0, 0.05) is 4.92 Å². The van der Waals surface area contributed by atoms with Gasteiger partial charge < -0.3 is 4.79 Å². The summed E-state index contributed by atoms with van der Waals surface area (Å²) in [5.74, 6) is -4.01. The number of nitrogens with zero attached hydrogens (tertiary/aromatic N) is 1. The van der Waals surface area contributed by atoms with E-state index in [-0.39, 0.29) is 6.29 Å². The number of halogens is 2. The van der Waals surface area contributed by atoms with Gasteiger partial charge in [0.25, 0.3) is 6.04 Å². The van der Waals surface area contributed by atoms with Gasteiger partial charge in [-0.1, -0.05) is 6.08 Å². The van der Waals surface area contributed by atoms with Crippen molar-refractivity contribution in [3.63, 3.8) is 0 Å². The van der Waals surface area contributed by atoms with E-state index >= 15 is 0 Å². The minimum absolute atomic E-state index is 0.218. The average molecular weight is 189 g/mol. The second kappa shape index (κ2) is 3.42. The molecule has 0 aromatic carbocycles. The van der Waals surface area contributed by atoms with Gasteiger partial charge in [0.05, 0.1) is 0 Å². The first-order chi connectivity index (χ1) is 6.07. The van der Waals surface area contributed by atoms with E-state index in [2.05, 4.69) is 0 Å². The summed E-state index contributed by atoms with van der Waals surface area (Å²) in [5, 5.41) is 10.3. The van der Waals surface area contributed by atoms with Crippen molar-refractivity contribution >= 4 is 6.29 Å². The largest absolute Gasteiger partial charge is 0.302 e. The lowest BCUT2D eigenvalue weighted by Gasteiger charge is -2.14. The molecule has 4 nitrogen and oxygen atoms in total. The maximum Gasteiger partial charge on any atom is 0.279 e. The SMILES string of the molecule is O=CC1C=CC(F)=C(F)C1[N+](=O)[O-]. The first-order valence-electron chi connectivity index (χ1n) is 3.40. The maximum atomic E-state index is 12.8. The third kappa shape index (κ3) is 1.61. The van der Waals surface area contributed by atoms with Crippen LogP contribution in [-0.2, 0) is 4.79 Å². The van der Waals surface area contributed by atoms with Crippen LogP contribution in [0.15, 0.2) is 23.8 Å². The molecule has 13 heavy (non-hydrogen) atoms. The quantitative estimate of drug-likeness (QED) is 0.372. The molecule has 0 bridgehead atoms. The summed E-state index contributed by atoms with van der Waals surface area (Å²) in [6, 6.07) is -1.91. The molecule has 0 radical (unpaired) electrons. The van der Waals surface area contributed by atoms with Crippen LogP contribution in [-0.4, -0.2) is 17.3 Å². The number of hydrogen-bond donors (Lipinski definition) is 0. The number of rotatable bonds is 2. The first-order valence-corrected chi connectivity index (χ1v) is 3.40. The molecule has 2 atom stereocenters. The van der Waals surface area contributed by atoms with Gasteiger partial charge in [0.2, 0.25) is 5.83 Å². The smallest absolute Gasteiger partial charge is 0.279 e. The van der Waals surface area contributed by atoms with E-state index in [9.17, 15) is 23.7 Å². The molecule has 0 aromatic heterocycles. The number of aldehydes is 1. The van der Waals surface area contributed by atoms with Crippen molar-refractivity contribution in [3.8, 4) is 0 Å². The van der Waals surface area contributed by atoms with Gasteiger partial charge in [-0.25, -0.2) is 8.78 Å². The van der Waals surface area contributed by atoms with Gasteiger partial charge in [-0.15, -0.1) is 0 Å². The summed E-state index contributed by atoms with van der Waals surface area (Å²) in [6.45, 7) is 0. The monoisotopic (exact) mass is 189 g/mol. The zero-order chi connectivity index (χ0) is 10.0. The molecule has 1 aliphatic carbocycles. The Balaban J connectivity index is 3.06. The Hall–Kier alpha value is -1.59. The third-order valence-electron chi connectivity index (χ3n) is 1.70. The molecule has 1 rings (SSSR count). The topological polar surface area (TPSA) is 60.2 Å². The predicted octanol–water partition coefficient (Wildman–Crippen LogP) is 1.17. The highest BCUT2D eigenvalue weighted by atomic mass is 19.2. The fraction of sp³-hybridized carbons (Fsp3) is 0.286. The Morgan fingerprint density at radius 1 is 1.54 bits per heavy atom. The number of carbonyl (C=O) groups excluding carboxylic acids is 1. The van der Waals surface area contributed by atoms with Crippen molar-refractivity contribution < 1.29 is 18.5 Å². The van der Waals surface area contributed by atoms with E-state index in [0.29, 0.717) is 6.08 Å². The fourth-order valence-electron chi connectivity index (χ4n) is 1.04. The Kier molecular flexibility index (Phi) is 2.50. The molecule has 0 aliphatic heterocycles. The Bertz CT molecular complexity index is 311. The Morgan fingerprint density at radius 2 is 2.15 bits per heavy atom. The van der Waals surface area contributed by atoms with E-state index in [1.165, 1.54) is 0 Å². The van der Waals surface area contributed by atoms with Crippen molar-refractivity contribution in [2.75, 3.05) is 0 Å². The first kappa shape index (κ1) is 9.50. The highest BCUT2D eigenvalue weighted by Gasteiger charge is 2.38. The van der Waals surface area contributed by atoms with Crippen LogP contribution in [0, 0.1) is 16.0 Å². The lowest BCUT2D eigenvalue weighted by molar-refractivity contribution is -0.519. The van der Waals surface area contributed by atoms with Crippen LogP contribution in [0.1, 0.15) is 0 Å². The summed E-state index contributed by atoms with van der Waals surface area (Å²) in [5.41, 5.74) is 0. The van der Waals surface area contributed by atoms with Crippen LogP contribution >= 0.6 is 0 Å². The second-order valence-electron chi connectivity index (χ2n) is 2.50. The number of hydrogen-bond acceptors (Lipinski definition) is 3. The normalized spacial score (nSPS) is 27.5. The van der Waals surface area contributed by atoms with Crippen LogP contribution in [0.2, 0.25) is 0 Å². The van der Waals surface area contributed by atoms with Gasteiger partial charge in [-0.3, -0.25) is 10.1 Å². The predicted molar refractivity (Wildman–Crippen MR) is 38.7 cm³/mol. The van der Waals surface area contributed by atoms with Crippen molar-refractivity contribution in [1.82, 2.24) is 0 Å². The average Bonchev–Trinajstić information content (AvgIpc) is 2.08. The van der Waals surface area contributed by atoms with E-state index in [0.717, 1.165) is 6.08 Å². The van der Waals surface area contributed by atoms with Crippen molar-refractivity contribution in [1.29, 1.82) is 0 Å². The summed E-state index contributed by atoms with van der Waals surface area (Å²) in [7, 11) is 0. The molecule has 0 aromatic rings. The highest BCUT2D eigenvalue weighted by Crippen LogP contribution is 2.26. The molecule has 0 spiro atoms. The molecule has 0 N–H and O–H groups in total. The molecule has 0 fully saturated rings. The van der Waals surface area contributed by atoms with Crippen molar-refractivity contribution in [2.45, 2.75) is 6.04 Å². The number of carbonyl (C=O) groups is 1. The molecule has 1 aliphatic rings. The summed E-state index contributed by atoms with van der Waals surface area (Å²) < 4.78 is 25.3. The zero-order valence-electron chi connectivity index (χ0n) is 6.31. The molecule has 0 heterocycles. The molecule has 6 heteroatoms. The molecular weight excluding hydrogens is 184 g/mol. The van der Waals surface area contributed by atoms with Crippen LogP contribution in [0.25, 0.3) is 0 Å². The molecular formula is C7H5F2NO3. The minimum atomic E-state index is -1.91. The standard InChI is InChI=1S/C7H5F2NO3/c8-5-2-1-4(3-11)7(6(5)9)10(12)13/h1-4,7H. The summed E-state index contributed by atoms with van der Waals surface area (Å²) in [4.78, 5) is 19.5. The lowest BCUT2D eigenvalue weighted by atomic mass is 9.96. The van der Waals surface area contributed by atoms with E-state index in [4.69, 9.17) is 0 Å². The summed E-state index contributed by atoms with van der Waals surface area (Å²) in [6.07, 6.45) is 1.91. The Labute approximate surface area is 71.7 Å². The van der Waals surface area contributed by atoms with Gasteiger partial charge in [0.15, 0.2) is 5.83 Å². The van der Waals surface area contributed by atoms with Crippen molar-refractivity contribution in [3.05, 3.63) is 33.9 Å². The van der Waals surface area contributed by atoms with Crippen molar-refractivity contribution in [2.24, 2.45) is 5.92 Å². The maximum absolute atomic E-state index is 12.8. The third-order valence-corrected chi connectivity index (χ3v) is 1.70. The molecule has 2 unspecified atom stereocenters. The van der Waals surface area contributed by atoms with E-state index in [1.54, 1.807) is 0 Å². The van der Waals surface area contributed by atoms with Gasteiger partial charge in [0.1, 0.15) is 12.2 Å². The molecule has 0 saturated carbocycles. The number of nitro groups is 1. The highest BCUT2D eigenvalue weighted by molar-refractivity contribution is 5.60. The fourth-order valence-corrected chi connectivity index (χ4v) is 1.04. The van der Waals surface area contributed by atoms with Crippen LogP contribution < -0.4 is 0 Å². The van der Waals surface area contributed by atoms with Gasteiger partial charge in [-0.05, 0) is 6.08 Å². The zero-order valence-corrected chi connectivity index (χ0v) is 6.31. The Morgan fingerprint density at radius 3 is 2.62 bits per heavy atom. The van der Waals surface area contributed by atoms with Crippen LogP contribution in [0.4, 0.5) is 8.78 Å². The minimum Gasteiger partial charge on any atom is -0.302 e. The molecule has 70 valence electrons. The van der Waals surface area contributed by atoms with Gasteiger partial charge >= 0.3 is 0 Å². The molecule has 0 amide bonds. The van der Waals surface area contributed by atoms with Crippen LogP contribution in [0.3, 0.4) is 0 Å². The number of allylic oxidation sites excluding steroid dienone is 2. The van der Waals surface area contributed by atoms with Crippen LogP contribution in [0.5, 0.6) is 0 Å². The lowest BCUT2D eigenvalue weighted by Crippen LogP contribution is -2.31. The van der Waals surface area contributed by atoms with E-state index < -0.39 is 28.5 Å². The van der Waals surface area contributed by atoms with Gasteiger partial charge in [-0.2, -0.15) is 0 Å². The van der Waals surface area contributed by atoms with E-state index in [1.807, 2.05) is 0 Å². The molecule has 0 saturated heterocycles.